The highest BCUT2D eigenvalue weighted by Gasteiger charge is 2.50. The fourth-order valence-electron chi connectivity index (χ4n) is 5.74. The van der Waals surface area contributed by atoms with E-state index in [0.29, 0.717) is 24.5 Å². The number of likely N-dealkylation sites (tertiary alicyclic amines) is 2. The third-order valence-corrected chi connectivity index (χ3v) is 7.84. The zero-order valence-electron chi connectivity index (χ0n) is 22.3. The lowest BCUT2D eigenvalue weighted by Crippen LogP contribution is -2.59. The summed E-state index contributed by atoms with van der Waals surface area (Å²) in [5.74, 6) is -0.540. The number of nitrogens with zero attached hydrogens (tertiary/aromatic N) is 3. The van der Waals surface area contributed by atoms with Crippen LogP contribution in [0.2, 0.25) is 0 Å². The number of rotatable bonds is 5. The molecule has 0 saturated carbocycles. The lowest BCUT2D eigenvalue weighted by Gasteiger charge is -2.39. The van der Waals surface area contributed by atoms with E-state index in [-0.39, 0.29) is 29.8 Å². The summed E-state index contributed by atoms with van der Waals surface area (Å²) in [6, 6.07) is 16.1. The molecule has 2 saturated heterocycles. The molecule has 2 aliphatic rings. The lowest BCUT2D eigenvalue weighted by molar-refractivity contribution is -0.138. The van der Waals surface area contributed by atoms with Gasteiger partial charge in [0.1, 0.15) is 17.4 Å². The first-order valence-electron chi connectivity index (χ1n) is 13.3. The van der Waals surface area contributed by atoms with Crippen molar-refractivity contribution in [3.8, 4) is 11.3 Å². The Morgan fingerprint density at radius 1 is 1.00 bits per heavy atom. The van der Waals surface area contributed by atoms with Crippen molar-refractivity contribution in [1.82, 2.24) is 30.1 Å². The number of pyridine rings is 1. The molecule has 5 heterocycles. The molecule has 39 heavy (non-hydrogen) atoms. The fourth-order valence-corrected chi connectivity index (χ4v) is 5.74. The Balaban J connectivity index is 1.13. The number of amides is 3. The maximum absolute atomic E-state index is 13.8. The van der Waals surface area contributed by atoms with E-state index in [9.17, 15) is 14.4 Å². The number of nitrogens with one attached hydrogen (secondary N) is 3. The van der Waals surface area contributed by atoms with Gasteiger partial charge in [-0.2, -0.15) is 0 Å². The molecular formula is C30H32N6O3. The molecule has 3 N–H and O–H groups in total. The molecule has 6 rings (SSSR count). The number of para-hydroxylation sites is 1. The van der Waals surface area contributed by atoms with Gasteiger partial charge in [-0.15, -0.1) is 0 Å². The number of carbonyl (C=O) groups excluding carboxylic acids is 3. The number of benzene rings is 1. The predicted octanol–water partition coefficient (Wildman–Crippen LogP) is 3.83. The second-order valence-electron chi connectivity index (χ2n) is 11.6. The second kappa shape index (κ2) is 9.41. The molecule has 4 aromatic rings. The molecule has 2 aliphatic heterocycles. The van der Waals surface area contributed by atoms with Gasteiger partial charge in [-0.25, -0.2) is 0 Å². The van der Waals surface area contributed by atoms with Gasteiger partial charge in [0.25, 0.3) is 11.8 Å². The minimum Gasteiger partial charge on any atom is -0.361 e. The molecule has 0 aliphatic carbocycles. The molecule has 3 unspecified atom stereocenters. The van der Waals surface area contributed by atoms with Crippen molar-refractivity contribution >= 4 is 28.6 Å². The molecule has 2 fully saturated rings. The van der Waals surface area contributed by atoms with Crippen LogP contribution < -0.4 is 5.32 Å². The third kappa shape index (κ3) is 4.58. The van der Waals surface area contributed by atoms with Gasteiger partial charge in [-0.3, -0.25) is 19.4 Å². The summed E-state index contributed by atoms with van der Waals surface area (Å²) in [6.45, 7) is 6.77. The summed E-state index contributed by atoms with van der Waals surface area (Å²) in [4.78, 5) is 54.6. The van der Waals surface area contributed by atoms with Crippen LogP contribution in [-0.4, -0.2) is 73.7 Å². The molecule has 200 valence electrons. The second-order valence-corrected chi connectivity index (χ2v) is 11.6. The van der Waals surface area contributed by atoms with Crippen molar-refractivity contribution in [2.24, 2.45) is 5.41 Å². The topological polar surface area (TPSA) is 114 Å². The number of aromatic nitrogens is 3. The first-order valence-corrected chi connectivity index (χ1v) is 13.3. The highest BCUT2D eigenvalue weighted by Crippen LogP contribution is 2.34. The zero-order valence-corrected chi connectivity index (χ0v) is 22.3. The van der Waals surface area contributed by atoms with E-state index in [1.54, 1.807) is 18.3 Å². The monoisotopic (exact) mass is 524 g/mol. The van der Waals surface area contributed by atoms with Crippen LogP contribution in [0.25, 0.3) is 22.2 Å². The summed E-state index contributed by atoms with van der Waals surface area (Å²) in [7, 11) is 0. The van der Waals surface area contributed by atoms with Crippen molar-refractivity contribution in [2.45, 2.75) is 45.3 Å². The fraction of sp³-hybridized carbons (Fsp3) is 0.333. The zero-order chi connectivity index (χ0) is 27.3. The van der Waals surface area contributed by atoms with Crippen LogP contribution in [-0.2, 0) is 4.79 Å². The van der Waals surface area contributed by atoms with Crippen LogP contribution >= 0.6 is 0 Å². The van der Waals surface area contributed by atoms with E-state index in [4.69, 9.17) is 0 Å². The number of carbonyl (C=O) groups is 3. The molecule has 0 spiro atoms. The summed E-state index contributed by atoms with van der Waals surface area (Å²) in [6.07, 6.45) is 4.28. The Morgan fingerprint density at radius 3 is 2.41 bits per heavy atom. The Hall–Kier alpha value is -4.40. The van der Waals surface area contributed by atoms with Crippen LogP contribution in [0.3, 0.4) is 0 Å². The van der Waals surface area contributed by atoms with Crippen molar-refractivity contribution in [1.29, 1.82) is 0 Å². The lowest BCUT2D eigenvalue weighted by atomic mass is 9.85. The van der Waals surface area contributed by atoms with Crippen molar-refractivity contribution in [3.05, 3.63) is 78.4 Å². The number of piperazine rings is 1. The van der Waals surface area contributed by atoms with Crippen LogP contribution in [0.1, 0.15) is 48.2 Å². The largest absolute Gasteiger partial charge is 0.361 e. The van der Waals surface area contributed by atoms with Gasteiger partial charge in [0.2, 0.25) is 5.91 Å². The number of hydrogen-bond donors (Lipinski definition) is 3. The van der Waals surface area contributed by atoms with E-state index in [2.05, 4.69) is 20.3 Å². The average molecular weight is 525 g/mol. The van der Waals surface area contributed by atoms with Crippen LogP contribution in [0.15, 0.2) is 67.0 Å². The first kappa shape index (κ1) is 24.9. The number of hydrogen-bond acceptors (Lipinski definition) is 4. The Kier molecular flexibility index (Phi) is 6.01. The first-order chi connectivity index (χ1) is 18.7. The van der Waals surface area contributed by atoms with Gasteiger partial charge in [0, 0.05) is 47.6 Å². The Morgan fingerprint density at radius 2 is 1.77 bits per heavy atom. The van der Waals surface area contributed by atoms with Gasteiger partial charge in [0.15, 0.2) is 0 Å². The van der Waals surface area contributed by atoms with Crippen LogP contribution in [0.5, 0.6) is 0 Å². The van der Waals surface area contributed by atoms with Gasteiger partial charge < -0.3 is 25.1 Å². The van der Waals surface area contributed by atoms with Crippen molar-refractivity contribution in [2.75, 3.05) is 13.1 Å². The normalized spacial score (nSPS) is 19.5. The van der Waals surface area contributed by atoms with Crippen molar-refractivity contribution in [3.63, 3.8) is 0 Å². The van der Waals surface area contributed by atoms with E-state index in [1.807, 2.05) is 79.2 Å². The van der Waals surface area contributed by atoms with Gasteiger partial charge in [-0.05, 0) is 48.2 Å². The summed E-state index contributed by atoms with van der Waals surface area (Å²) < 4.78 is 0. The van der Waals surface area contributed by atoms with E-state index in [1.165, 1.54) is 0 Å². The summed E-state index contributed by atoms with van der Waals surface area (Å²) in [5.41, 5.74) is 3.05. The predicted molar refractivity (Wildman–Crippen MR) is 148 cm³/mol. The minimum atomic E-state index is -0.706. The van der Waals surface area contributed by atoms with Gasteiger partial charge >= 0.3 is 0 Å². The number of aromatic amines is 2. The van der Waals surface area contributed by atoms with Crippen LogP contribution in [0, 0.1) is 5.41 Å². The molecule has 0 radical (unpaired) electrons. The highest BCUT2D eigenvalue weighted by atomic mass is 16.2. The molecule has 3 amide bonds. The molecule has 9 heteroatoms. The van der Waals surface area contributed by atoms with Crippen molar-refractivity contribution < 1.29 is 14.4 Å². The minimum absolute atomic E-state index is 0.0682. The molecule has 3 aromatic heterocycles. The Labute approximate surface area is 226 Å². The van der Waals surface area contributed by atoms with Gasteiger partial charge in [0.05, 0.1) is 12.1 Å². The molecule has 1 aromatic carbocycles. The van der Waals surface area contributed by atoms with E-state index >= 15 is 0 Å². The Bertz CT molecular complexity index is 1500. The van der Waals surface area contributed by atoms with Crippen LogP contribution in [0.4, 0.5) is 0 Å². The summed E-state index contributed by atoms with van der Waals surface area (Å²) >= 11 is 0. The average Bonchev–Trinajstić information content (AvgIpc) is 3.73. The standard InChI is InChI=1S/C30H32N6O3/c1-30(2,3)26(34-27(37)25-13-18-7-4-5-8-23(18)33-25)29(39)36-17-20-14-21(36)16-35(20)28(38)24-11-10-19(15-32-24)22-9-6-12-31-22/h4-13,15,20-21,26,31,33H,14,16-17H2,1-3H3,(H,34,37). The van der Waals surface area contributed by atoms with E-state index < -0.39 is 11.5 Å². The quantitative estimate of drug-likeness (QED) is 0.368. The smallest absolute Gasteiger partial charge is 0.272 e. The maximum atomic E-state index is 13.8. The number of H-pyrrole nitrogens is 2. The molecule has 3 atom stereocenters. The SMILES string of the molecule is CC(C)(C)C(NC(=O)c1cc2ccccc2[nH]1)C(=O)N1CC2CC1CN2C(=O)c1ccc(-c2ccc[nH]2)cn1. The van der Waals surface area contributed by atoms with E-state index in [0.717, 1.165) is 28.6 Å². The summed E-state index contributed by atoms with van der Waals surface area (Å²) in [5, 5.41) is 3.93. The molecular weight excluding hydrogens is 492 g/mol. The highest BCUT2D eigenvalue weighted by molar-refractivity contribution is 6.00. The number of fused-ring (bicyclic) bond motifs is 3. The van der Waals surface area contributed by atoms with Gasteiger partial charge in [-0.1, -0.05) is 39.0 Å². The molecule has 2 bridgehead atoms. The third-order valence-electron chi connectivity index (χ3n) is 7.84. The maximum Gasteiger partial charge on any atom is 0.272 e. The molecule has 9 nitrogen and oxygen atoms in total.